The maximum atomic E-state index is 12.9. The van der Waals surface area contributed by atoms with Crippen LogP contribution in [-0.2, 0) is 25.6 Å². The monoisotopic (exact) mass is 437 g/mol. The number of hydrogen-bond acceptors (Lipinski definition) is 6. The van der Waals surface area contributed by atoms with E-state index in [1.807, 2.05) is 26.0 Å². The molecule has 0 spiro atoms. The Bertz CT molecular complexity index is 798. The van der Waals surface area contributed by atoms with Crippen LogP contribution in [0.1, 0.15) is 39.2 Å². The molecule has 5 N–H and O–H groups in total. The number of nitrogens with zero attached hydrogens (tertiary/aromatic N) is 1. The van der Waals surface area contributed by atoms with Crippen LogP contribution in [0.3, 0.4) is 0 Å². The SMILES string of the molecule is CCCCNC(=O)[C@H]1Cc2cc(OC)ccc2N1C(=O)[C@@H](N)C(C)C.O=C(O)C(=O)O. The summed E-state index contributed by atoms with van der Waals surface area (Å²) in [6.45, 7) is 6.50. The van der Waals surface area contributed by atoms with Crippen molar-refractivity contribution in [2.75, 3.05) is 18.6 Å². The van der Waals surface area contributed by atoms with Crippen molar-refractivity contribution in [1.29, 1.82) is 0 Å². The highest BCUT2D eigenvalue weighted by atomic mass is 16.5. The molecule has 10 heteroatoms. The summed E-state index contributed by atoms with van der Waals surface area (Å²) >= 11 is 0. The van der Waals surface area contributed by atoms with Gasteiger partial charge >= 0.3 is 11.9 Å². The summed E-state index contributed by atoms with van der Waals surface area (Å²) in [6, 6.07) is 4.32. The Hall–Kier alpha value is -3.14. The van der Waals surface area contributed by atoms with E-state index in [1.165, 1.54) is 0 Å². The Morgan fingerprint density at radius 3 is 2.32 bits per heavy atom. The molecule has 1 heterocycles. The van der Waals surface area contributed by atoms with Gasteiger partial charge in [0.2, 0.25) is 11.8 Å². The van der Waals surface area contributed by atoms with Gasteiger partial charge in [-0.25, -0.2) is 9.59 Å². The summed E-state index contributed by atoms with van der Waals surface area (Å²) in [5.41, 5.74) is 7.77. The first-order chi connectivity index (χ1) is 14.5. The number of amides is 2. The first-order valence-corrected chi connectivity index (χ1v) is 10.0. The summed E-state index contributed by atoms with van der Waals surface area (Å²) in [4.78, 5) is 45.4. The fourth-order valence-electron chi connectivity index (χ4n) is 2.99. The highest BCUT2D eigenvalue weighted by Gasteiger charge is 2.40. The van der Waals surface area contributed by atoms with E-state index in [2.05, 4.69) is 12.2 Å². The maximum absolute atomic E-state index is 12.9. The molecule has 2 atom stereocenters. The molecule has 1 aliphatic rings. The summed E-state index contributed by atoms with van der Waals surface area (Å²) in [5, 5.41) is 17.7. The molecule has 1 aliphatic heterocycles. The molecule has 1 aromatic rings. The van der Waals surface area contributed by atoms with E-state index in [0.29, 0.717) is 18.7 Å². The minimum absolute atomic E-state index is 0.00130. The third-order valence-electron chi connectivity index (χ3n) is 4.83. The Morgan fingerprint density at radius 1 is 1.23 bits per heavy atom. The molecule has 10 nitrogen and oxygen atoms in total. The second-order valence-electron chi connectivity index (χ2n) is 7.45. The van der Waals surface area contributed by atoms with Crippen LogP contribution in [-0.4, -0.2) is 59.7 Å². The molecule has 0 saturated carbocycles. The van der Waals surface area contributed by atoms with Crippen molar-refractivity contribution in [3.8, 4) is 5.75 Å². The lowest BCUT2D eigenvalue weighted by atomic mass is 10.0. The zero-order valence-corrected chi connectivity index (χ0v) is 18.3. The van der Waals surface area contributed by atoms with Gasteiger partial charge in [0.05, 0.1) is 13.2 Å². The zero-order chi connectivity index (χ0) is 23.7. The molecule has 0 radical (unpaired) electrons. The van der Waals surface area contributed by atoms with Gasteiger partial charge in [0.25, 0.3) is 0 Å². The normalized spacial score (nSPS) is 15.4. The van der Waals surface area contributed by atoms with Crippen molar-refractivity contribution < 1.29 is 34.1 Å². The number of aliphatic carboxylic acids is 2. The summed E-state index contributed by atoms with van der Waals surface area (Å²) in [5.74, 6) is -3.28. The topological polar surface area (TPSA) is 159 Å². The zero-order valence-electron chi connectivity index (χ0n) is 18.3. The summed E-state index contributed by atoms with van der Waals surface area (Å²) in [7, 11) is 1.60. The van der Waals surface area contributed by atoms with Crippen LogP contribution < -0.4 is 20.7 Å². The quantitative estimate of drug-likeness (QED) is 0.363. The van der Waals surface area contributed by atoms with Crippen molar-refractivity contribution in [2.24, 2.45) is 11.7 Å². The van der Waals surface area contributed by atoms with E-state index in [-0.39, 0.29) is 17.7 Å². The summed E-state index contributed by atoms with van der Waals surface area (Å²) < 4.78 is 5.27. The molecular weight excluding hydrogens is 406 g/mol. The number of anilines is 1. The molecule has 0 saturated heterocycles. The van der Waals surface area contributed by atoms with Crippen molar-refractivity contribution in [3.05, 3.63) is 23.8 Å². The van der Waals surface area contributed by atoms with Crippen molar-refractivity contribution in [3.63, 3.8) is 0 Å². The molecule has 2 amide bonds. The smallest absolute Gasteiger partial charge is 0.414 e. The van der Waals surface area contributed by atoms with Crippen molar-refractivity contribution >= 4 is 29.4 Å². The van der Waals surface area contributed by atoms with E-state index < -0.39 is 24.0 Å². The molecule has 0 unspecified atom stereocenters. The number of fused-ring (bicyclic) bond motifs is 1. The fourth-order valence-corrected chi connectivity index (χ4v) is 2.99. The van der Waals surface area contributed by atoms with Crippen molar-refractivity contribution in [1.82, 2.24) is 5.32 Å². The number of benzene rings is 1. The molecule has 0 fully saturated rings. The number of methoxy groups -OCH3 is 1. The van der Waals surface area contributed by atoms with Gasteiger partial charge in [-0.05, 0) is 36.1 Å². The van der Waals surface area contributed by atoms with E-state index in [9.17, 15) is 9.59 Å². The number of carboxylic acids is 2. The minimum atomic E-state index is -1.82. The number of nitrogens with one attached hydrogen (secondary N) is 1. The van der Waals surface area contributed by atoms with Crippen LogP contribution in [0.5, 0.6) is 5.75 Å². The van der Waals surface area contributed by atoms with Gasteiger partial charge in [0.15, 0.2) is 0 Å². The van der Waals surface area contributed by atoms with E-state index >= 15 is 0 Å². The van der Waals surface area contributed by atoms with Crippen molar-refractivity contribution in [2.45, 2.75) is 52.1 Å². The third-order valence-corrected chi connectivity index (χ3v) is 4.83. The fraction of sp³-hybridized carbons (Fsp3) is 0.524. The molecule has 31 heavy (non-hydrogen) atoms. The largest absolute Gasteiger partial charge is 0.497 e. The van der Waals surface area contributed by atoms with E-state index in [4.69, 9.17) is 30.3 Å². The van der Waals surface area contributed by atoms with Gasteiger partial charge in [-0.3, -0.25) is 14.5 Å². The van der Waals surface area contributed by atoms with E-state index in [1.54, 1.807) is 18.1 Å². The molecule has 172 valence electrons. The second kappa shape index (κ2) is 11.9. The third kappa shape index (κ3) is 6.95. The standard InChI is InChI=1S/C19H29N3O3.C2H2O4/c1-5-6-9-21-18(23)16-11-13-10-14(25-4)7-8-15(13)22(16)19(24)17(20)12(2)3;3-1(4)2(5)6/h7-8,10,12,16-17H,5-6,9,11,20H2,1-4H3,(H,21,23);(H,3,4)(H,5,6)/t16-,17+;/m1./s1. The predicted molar refractivity (Wildman–Crippen MR) is 114 cm³/mol. The van der Waals surface area contributed by atoms with E-state index in [0.717, 1.165) is 24.1 Å². The average molecular weight is 437 g/mol. The van der Waals surface area contributed by atoms with Crippen LogP contribution in [0, 0.1) is 5.92 Å². The summed E-state index contributed by atoms with van der Waals surface area (Å²) in [6.07, 6.45) is 2.39. The van der Waals surface area contributed by atoms with Crippen LogP contribution in [0.4, 0.5) is 5.69 Å². The molecular formula is C21H31N3O7. The lowest BCUT2D eigenvalue weighted by Gasteiger charge is -2.28. The Labute approximate surface area is 181 Å². The Morgan fingerprint density at radius 2 is 1.84 bits per heavy atom. The van der Waals surface area contributed by atoms with Gasteiger partial charge in [0, 0.05) is 18.7 Å². The van der Waals surface area contributed by atoms with Gasteiger partial charge in [-0.1, -0.05) is 27.2 Å². The first-order valence-electron chi connectivity index (χ1n) is 10.0. The molecule has 0 bridgehead atoms. The maximum Gasteiger partial charge on any atom is 0.414 e. The number of ether oxygens (including phenoxy) is 1. The average Bonchev–Trinajstić information content (AvgIpc) is 3.11. The molecule has 2 rings (SSSR count). The first kappa shape index (κ1) is 25.9. The van der Waals surface area contributed by atoms with Crippen LogP contribution in [0.2, 0.25) is 0 Å². The minimum Gasteiger partial charge on any atom is -0.497 e. The van der Waals surface area contributed by atoms with Crippen LogP contribution in [0.25, 0.3) is 0 Å². The Kier molecular flexibility index (Phi) is 9.94. The number of rotatable bonds is 7. The van der Waals surface area contributed by atoms with Crippen LogP contribution in [0.15, 0.2) is 18.2 Å². The Balaban J connectivity index is 0.000000703. The van der Waals surface area contributed by atoms with Gasteiger partial charge in [0.1, 0.15) is 11.8 Å². The number of unbranched alkanes of at least 4 members (excludes halogenated alkanes) is 1. The number of carboxylic acid groups (broad SMARTS) is 2. The van der Waals surface area contributed by atoms with Gasteiger partial charge in [-0.2, -0.15) is 0 Å². The molecule has 1 aromatic carbocycles. The number of nitrogens with two attached hydrogens (primary N) is 1. The highest BCUT2D eigenvalue weighted by molar-refractivity contribution is 6.27. The second-order valence-corrected chi connectivity index (χ2v) is 7.45. The lowest BCUT2D eigenvalue weighted by Crippen LogP contribution is -2.54. The lowest BCUT2D eigenvalue weighted by molar-refractivity contribution is -0.159. The molecule has 0 aliphatic carbocycles. The van der Waals surface area contributed by atoms with Gasteiger partial charge in [-0.15, -0.1) is 0 Å². The number of carbonyl (C=O) groups is 4. The number of carbonyl (C=O) groups excluding carboxylic acids is 2. The van der Waals surface area contributed by atoms with Gasteiger partial charge < -0.3 is 26.0 Å². The van der Waals surface area contributed by atoms with Crippen LogP contribution >= 0.6 is 0 Å². The predicted octanol–water partition coefficient (Wildman–Crippen LogP) is 1.01. The molecule has 0 aromatic heterocycles. The highest BCUT2D eigenvalue weighted by Crippen LogP contribution is 2.35. The number of hydrogen-bond donors (Lipinski definition) is 4.